The second kappa shape index (κ2) is 7.41. The molecule has 1 heterocycles. The van der Waals surface area contributed by atoms with Gasteiger partial charge in [0.15, 0.2) is 5.11 Å². The zero-order valence-electron chi connectivity index (χ0n) is 15.6. The van der Waals surface area contributed by atoms with Gasteiger partial charge in [0, 0.05) is 39.7 Å². The first-order valence-corrected chi connectivity index (χ1v) is 9.78. The summed E-state index contributed by atoms with van der Waals surface area (Å²) in [6.07, 6.45) is 1.04. The monoisotopic (exact) mass is 373 g/mol. The molecule has 0 atom stereocenters. The lowest BCUT2D eigenvalue weighted by Gasteiger charge is -2.11. The first-order valence-electron chi connectivity index (χ1n) is 9.37. The minimum absolute atomic E-state index is 0.595. The maximum Gasteiger partial charge on any atom is 0.175 e. The van der Waals surface area contributed by atoms with Crippen molar-refractivity contribution in [3.05, 3.63) is 72.3 Å². The van der Waals surface area contributed by atoms with Gasteiger partial charge in [-0.05, 0) is 67.5 Å². The van der Waals surface area contributed by atoms with Gasteiger partial charge in [-0.15, -0.1) is 0 Å². The number of anilines is 2. The van der Waals surface area contributed by atoms with Crippen molar-refractivity contribution in [1.29, 1.82) is 0 Å². The van der Waals surface area contributed by atoms with Crippen LogP contribution in [0.1, 0.15) is 19.4 Å². The highest BCUT2D eigenvalue weighted by Crippen LogP contribution is 2.31. The van der Waals surface area contributed by atoms with Crippen molar-refractivity contribution in [2.75, 3.05) is 10.6 Å². The number of benzene rings is 3. The fourth-order valence-electron chi connectivity index (χ4n) is 3.59. The van der Waals surface area contributed by atoms with Crippen LogP contribution in [-0.4, -0.2) is 9.68 Å². The third-order valence-corrected chi connectivity index (χ3v) is 5.17. The van der Waals surface area contributed by atoms with E-state index < -0.39 is 0 Å². The summed E-state index contributed by atoms with van der Waals surface area (Å²) in [7, 11) is 0. The number of hydrogen-bond acceptors (Lipinski definition) is 1. The molecular formula is C23H23N3S. The molecule has 4 aromatic rings. The van der Waals surface area contributed by atoms with Gasteiger partial charge in [0.25, 0.3) is 0 Å². The summed E-state index contributed by atoms with van der Waals surface area (Å²) in [5.74, 6) is 0. The minimum atomic E-state index is 0.595. The highest BCUT2D eigenvalue weighted by Gasteiger charge is 2.10. The molecule has 0 amide bonds. The smallest absolute Gasteiger partial charge is 0.175 e. The Morgan fingerprint density at radius 2 is 1.48 bits per heavy atom. The predicted molar refractivity (Wildman–Crippen MR) is 121 cm³/mol. The number of hydrogen-bond donors (Lipinski definition) is 2. The van der Waals surface area contributed by atoms with Crippen LogP contribution >= 0.6 is 12.2 Å². The average Bonchev–Trinajstić information content (AvgIpc) is 3.01. The maximum absolute atomic E-state index is 5.50. The van der Waals surface area contributed by atoms with E-state index in [0.29, 0.717) is 5.11 Å². The maximum atomic E-state index is 5.50. The predicted octanol–water partition coefficient (Wildman–Crippen LogP) is 6.19. The Labute approximate surface area is 165 Å². The Balaban J connectivity index is 1.60. The molecule has 3 aromatic carbocycles. The van der Waals surface area contributed by atoms with Gasteiger partial charge in [0.05, 0.1) is 0 Å². The van der Waals surface area contributed by atoms with Crippen molar-refractivity contribution in [2.24, 2.45) is 0 Å². The summed E-state index contributed by atoms with van der Waals surface area (Å²) in [6, 6.07) is 23.3. The molecule has 2 N–H and O–H groups in total. The highest BCUT2D eigenvalue weighted by atomic mass is 32.1. The number of nitrogens with one attached hydrogen (secondary N) is 2. The number of fused-ring (bicyclic) bond motifs is 3. The lowest BCUT2D eigenvalue weighted by molar-refractivity contribution is 0.827. The highest BCUT2D eigenvalue weighted by molar-refractivity contribution is 7.80. The Morgan fingerprint density at radius 1 is 0.815 bits per heavy atom. The van der Waals surface area contributed by atoms with E-state index in [0.717, 1.165) is 24.3 Å². The van der Waals surface area contributed by atoms with Crippen LogP contribution in [0.15, 0.2) is 66.7 Å². The van der Waals surface area contributed by atoms with Crippen LogP contribution in [0, 0.1) is 0 Å². The third kappa shape index (κ3) is 3.40. The quantitative estimate of drug-likeness (QED) is 0.418. The second-order valence-corrected chi connectivity index (χ2v) is 7.03. The lowest BCUT2D eigenvalue weighted by atomic mass is 10.1. The molecule has 136 valence electrons. The van der Waals surface area contributed by atoms with Crippen LogP contribution in [0.3, 0.4) is 0 Å². The number of aryl methyl sites for hydroxylation is 2. The van der Waals surface area contributed by atoms with Crippen LogP contribution in [0.4, 0.5) is 11.4 Å². The second-order valence-electron chi connectivity index (χ2n) is 6.62. The first-order chi connectivity index (χ1) is 13.2. The number of para-hydroxylation sites is 1. The summed E-state index contributed by atoms with van der Waals surface area (Å²) in [6.45, 7) is 5.28. The summed E-state index contributed by atoms with van der Waals surface area (Å²) in [5, 5.41) is 9.68. The van der Waals surface area contributed by atoms with Gasteiger partial charge in [-0.2, -0.15) is 0 Å². The van der Waals surface area contributed by atoms with E-state index >= 15 is 0 Å². The van der Waals surface area contributed by atoms with E-state index in [1.807, 2.05) is 0 Å². The van der Waals surface area contributed by atoms with Crippen LogP contribution in [0.25, 0.3) is 21.8 Å². The lowest BCUT2D eigenvalue weighted by Crippen LogP contribution is -2.18. The largest absolute Gasteiger partial charge is 0.341 e. The van der Waals surface area contributed by atoms with Crippen molar-refractivity contribution >= 4 is 50.5 Å². The standard InChI is InChI=1S/C23H23N3S/c1-3-16-9-11-17(12-10-16)24-23(27)25-18-13-14-22-20(15-18)19-7-5-6-8-21(19)26(22)4-2/h5-15H,3-4H2,1-2H3,(H2,24,25,27). The molecule has 0 unspecified atom stereocenters. The Kier molecular flexibility index (Phi) is 4.82. The van der Waals surface area contributed by atoms with Crippen molar-refractivity contribution in [3.8, 4) is 0 Å². The molecule has 0 aliphatic carbocycles. The number of nitrogens with zero attached hydrogens (tertiary/aromatic N) is 1. The molecule has 0 bridgehead atoms. The normalized spacial score (nSPS) is 11.0. The zero-order chi connectivity index (χ0) is 18.8. The zero-order valence-corrected chi connectivity index (χ0v) is 16.4. The molecule has 27 heavy (non-hydrogen) atoms. The van der Waals surface area contributed by atoms with Crippen molar-refractivity contribution < 1.29 is 0 Å². The van der Waals surface area contributed by atoms with Gasteiger partial charge in [0.1, 0.15) is 0 Å². The van der Waals surface area contributed by atoms with Crippen molar-refractivity contribution in [1.82, 2.24) is 4.57 Å². The van der Waals surface area contributed by atoms with Crippen LogP contribution in [0.5, 0.6) is 0 Å². The molecule has 1 aromatic heterocycles. The summed E-state index contributed by atoms with van der Waals surface area (Å²) in [4.78, 5) is 0. The van der Waals surface area contributed by atoms with E-state index in [9.17, 15) is 0 Å². The van der Waals surface area contributed by atoms with Gasteiger partial charge in [-0.1, -0.05) is 37.3 Å². The molecule has 0 fully saturated rings. The van der Waals surface area contributed by atoms with Gasteiger partial charge in [0.2, 0.25) is 0 Å². The molecule has 0 spiro atoms. The van der Waals surface area contributed by atoms with Crippen molar-refractivity contribution in [3.63, 3.8) is 0 Å². The summed E-state index contributed by atoms with van der Waals surface area (Å²) >= 11 is 5.50. The van der Waals surface area contributed by atoms with Crippen LogP contribution in [-0.2, 0) is 13.0 Å². The number of aromatic nitrogens is 1. The summed E-state index contributed by atoms with van der Waals surface area (Å²) in [5.41, 5.74) is 5.82. The Morgan fingerprint density at radius 3 is 2.22 bits per heavy atom. The van der Waals surface area contributed by atoms with E-state index in [-0.39, 0.29) is 0 Å². The van der Waals surface area contributed by atoms with Crippen LogP contribution in [0.2, 0.25) is 0 Å². The van der Waals surface area contributed by atoms with Crippen LogP contribution < -0.4 is 10.6 Å². The van der Waals surface area contributed by atoms with E-state index in [1.165, 1.54) is 27.4 Å². The summed E-state index contributed by atoms with van der Waals surface area (Å²) < 4.78 is 2.35. The molecule has 0 aliphatic heterocycles. The molecule has 3 nitrogen and oxygen atoms in total. The van der Waals surface area contributed by atoms with Gasteiger partial charge < -0.3 is 15.2 Å². The number of rotatable bonds is 4. The molecule has 4 heteroatoms. The Hall–Kier alpha value is -2.85. The number of thiocarbonyl (C=S) groups is 1. The minimum Gasteiger partial charge on any atom is -0.341 e. The van der Waals surface area contributed by atoms with Gasteiger partial charge in [-0.3, -0.25) is 0 Å². The fraction of sp³-hybridized carbons (Fsp3) is 0.174. The average molecular weight is 374 g/mol. The van der Waals surface area contributed by atoms with Gasteiger partial charge >= 0.3 is 0 Å². The molecule has 0 aliphatic rings. The Bertz CT molecular complexity index is 1110. The molecule has 0 radical (unpaired) electrons. The van der Waals surface area contributed by atoms with E-state index in [4.69, 9.17) is 12.2 Å². The fourth-order valence-corrected chi connectivity index (χ4v) is 3.83. The SMILES string of the molecule is CCc1ccc(NC(=S)Nc2ccc3c(c2)c2ccccc2n3CC)cc1. The molecule has 0 saturated heterocycles. The topological polar surface area (TPSA) is 29.0 Å². The van der Waals surface area contributed by atoms with E-state index in [1.54, 1.807) is 0 Å². The first kappa shape index (κ1) is 17.6. The molecule has 0 saturated carbocycles. The van der Waals surface area contributed by atoms with Gasteiger partial charge in [-0.25, -0.2) is 0 Å². The van der Waals surface area contributed by atoms with E-state index in [2.05, 4.69) is 95.8 Å². The third-order valence-electron chi connectivity index (χ3n) is 4.97. The van der Waals surface area contributed by atoms with Crippen molar-refractivity contribution in [2.45, 2.75) is 26.8 Å². The molecular weight excluding hydrogens is 350 g/mol. The molecule has 4 rings (SSSR count).